The second-order valence-corrected chi connectivity index (χ2v) is 7.25. The van der Waals surface area contributed by atoms with Gasteiger partial charge in [-0.05, 0) is 55.6 Å². The lowest BCUT2D eigenvalue weighted by atomic mass is 9.89. The Hall–Kier alpha value is -1.01. The molecule has 1 aromatic heterocycles. The lowest BCUT2D eigenvalue weighted by Gasteiger charge is -2.35. The molecule has 0 radical (unpaired) electrons. The molecule has 0 spiro atoms. The number of nitrogens with one attached hydrogen (secondary N) is 1. The summed E-state index contributed by atoms with van der Waals surface area (Å²) in [5.41, 5.74) is 0.853. The number of likely N-dealkylation sites (tertiary alicyclic amines) is 1. The predicted molar refractivity (Wildman–Crippen MR) is 83.7 cm³/mol. The molecule has 2 saturated heterocycles. The molecule has 21 heavy (non-hydrogen) atoms. The molecule has 2 atom stereocenters. The number of piperidine rings is 1. The minimum absolute atomic E-state index is 0.136. The molecule has 1 N–H and O–H groups in total. The van der Waals surface area contributed by atoms with Crippen molar-refractivity contribution in [2.24, 2.45) is 5.92 Å². The number of amides is 1. The molecule has 1 aromatic rings. The van der Waals surface area contributed by atoms with Crippen LogP contribution in [0.4, 0.5) is 0 Å². The molecule has 0 saturated carbocycles. The van der Waals surface area contributed by atoms with Gasteiger partial charge < -0.3 is 10.2 Å². The Balaban J connectivity index is 1.70. The fourth-order valence-electron chi connectivity index (χ4n) is 3.50. The van der Waals surface area contributed by atoms with Gasteiger partial charge in [0.1, 0.15) is 4.88 Å². The van der Waals surface area contributed by atoms with Crippen LogP contribution in [0.3, 0.4) is 0 Å². The highest BCUT2D eigenvalue weighted by Gasteiger charge is 2.32. The minimum Gasteiger partial charge on any atom is -0.338 e. The molecule has 0 bridgehead atoms. The molecule has 0 aliphatic carbocycles. The lowest BCUT2D eigenvalue weighted by Crippen LogP contribution is -2.45. The van der Waals surface area contributed by atoms with Crippen molar-refractivity contribution in [1.82, 2.24) is 19.8 Å². The largest absolute Gasteiger partial charge is 0.338 e. The summed E-state index contributed by atoms with van der Waals surface area (Å²) in [6, 6.07) is 0.602. The van der Waals surface area contributed by atoms with E-state index >= 15 is 0 Å². The summed E-state index contributed by atoms with van der Waals surface area (Å²) in [5.74, 6) is 0.991. The van der Waals surface area contributed by atoms with Crippen LogP contribution in [0.1, 0.15) is 60.8 Å². The Morgan fingerprint density at radius 1 is 1.38 bits per heavy atom. The average molecular weight is 308 g/mol. The zero-order valence-electron chi connectivity index (χ0n) is 12.8. The molecule has 2 fully saturated rings. The predicted octanol–water partition coefficient (Wildman–Crippen LogP) is 2.27. The van der Waals surface area contributed by atoms with Crippen molar-refractivity contribution in [2.45, 2.75) is 51.5 Å². The smallest absolute Gasteiger partial charge is 0.267 e. The van der Waals surface area contributed by atoms with Gasteiger partial charge in [-0.15, -0.1) is 5.10 Å². The van der Waals surface area contributed by atoms with Gasteiger partial charge in [0.25, 0.3) is 5.91 Å². The number of rotatable bonds is 3. The van der Waals surface area contributed by atoms with Crippen molar-refractivity contribution in [3.8, 4) is 0 Å². The van der Waals surface area contributed by atoms with Crippen LogP contribution in [-0.4, -0.2) is 46.1 Å². The van der Waals surface area contributed by atoms with Crippen LogP contribution < -0.4 is 5.32 Å². The molecule has 1 amide bonds. The summed E-state index contributed by atoms with van der Waals surface area (Å²) in [5, 5.41) is 7.73. The molecule has 5 nitrogen and oxygen atoms in total. The Kier molecular flexibility index (Phi) is 4.54. The summed E-state index contributed by atoms with van der Waals surface area (Å²) in [6.07, 6.45) is 4.87. The first-order valence-corrected chi connectivity index (χ1v) is 8.79. The minimum atomic E-state index is 0.136. The molecule has 0 aromatic carbocycles. The van der Waals surface area contributed by atoms with Gasteiger partial charge in [-0.1, -0.05) is 18.3 Å². The first kappa shape index (κ1) is 14.9. The van der Waals surface area contributed by atoms with Crippen molar-refractivity contribution in [3.05, 3.63) is 10.6 Å². The van der Waals surface area contributed by atoms with E-state index in [9.17, 15) is 4.79 Å². The summed E-state index contributed by atoms with van der Waals surface area (Å²) in [4.78, 5) is 15.5. The van der Waals surface area contributed by atoms with Gasteiger partial charge in [-0.3, -0.25) is 4.79 Å². The van der Waals surface area contributed by atoms with Crippen LogP contribution in [0.15, 0.2) is 0 Å². The van der Waals surface area contributed by atoms with Gasteiger partial charge in [0, 0.05) is 19.1 Å². The summed E-state index contributed by atoms with van der Waals surface area (Å²) < 4.78 is 3.99. The van der Waals surface area contributed by atoms with Gasteiger partial charge in [0.2, 0.25) is 0 Å². The third kappa shape index (κ3) is 3.11. The quantitative estimate of drug-likeness (QED) is 0.930. The molecule has 3 heterocycles. The van der Waals surface area contributed by atoms with E-state index in [1.54, 1.807) is 0 Å². The molecule has 116 valence electrons. The van der Waals surface area contributed by atoms with E-state index in [1.807, 2.05) is 4.90 Å². The summed E-state index contributed by atoms with van der Waals surface area (Å²) in [7, 11) is 0. The van der Waals surface area contributed by atoms with Crippen LogP contribution >= 0.6 is 11.5 Å². The van der Waals surface area contributed by atoms with E-state index in [1.165, 1.54) is 30.8 Å². The number of hydrogen-bond donors (Lipinski definition) is 1. The number of hydrogen-bond acceptors (Lipinski definition) is 5. The second kappa shape index (κ2) is 6.40. The van der Waals surface area contributed by atoms with Crippen LogP contribution in [0.25, 0.3) is 0 Å². The zero-order valence-corrected chi connectivity index (χ0v) is 13.7. The Bertz CT molecular complexity index is 496. The average Bonchev–Trinajstić information content (AvgIpc) is 3.17. The second-order valence-electron chi connectivity index (χ2n) is 6.50. The number of carbonyl (C=O) groups is 1. The van der Waals surface area contributed by atoms with Crippen LogP contribution in [0.2, 0.25) is 0 Å². The van der Waals surface area contributed by atoms with Gasteiger partial charge in [-0.25, -0.2) is 0 Å². The van der Waals surface area contributed by atoms with E-state index in [-0.39, 0.29) is 11.8 Å². The van der Waals surface area contributed by atoms with E-state index in [0.29, 0.717) is 12.0 Å². The summed E-state index contributed by atoms with van der Waals surface area (Å²) in [6.45, 7) is 7.01. The Morgan fingerprint density at radius 3 is 2.95 bits per heavy atom. The maximum absolute atomic E-state index is 12.8. The molecule has 6 heteroatoms. The van der Waals surface area contributed by atoms with Crippen LogP contribution in [0, 0.1) is 5.92 Å². The summed E-state index contributed by atoms with van der Waals surface area (Å²) >= 11 is 1.25. The first-order valence-electron chi connectivity index (χ1n) is 8.01. The third-order valence-corrected chi connectivity index (χ3v) is 5.40. The lowest BCUT2D eigenvalue weighted by molar-refractivity contribution is 0.0654. The van der Waals surface area contributed by atoms with Crippen molar-refractivity contribution < 1.29 is 4.79 Å². The molecule has 2 aliphatic heterocycles. The van der Waals surface area contributed by atoms with Crippen molar-refractivity contribution in [2.75, 3.05) is 19.6 Å². The highest BCUT2D eigenvalue weighted by atomic mass is 32.1. The van der Waals surface area contributed by atoms with E-state index in [0.717, 1.165) is 36.6 Å². The van der Waals surface area contributed by atoms with Crippen molar-refractivity contribution in [1.29, 1.82) is 0 Å². The molecule has 3 rings (SSSR count). The van der Waals surface area contributed by atoms with E-state index in [2.05, 4.69) is 28.8 Å². The fraction of sp³-hybridized carbons (Fsp3) is 0.800. The maximum Gasteiger partial charge on any atom is 0.267 e. The first-order chi connectivity index (χ1) is 10.2. The van der Waals surface area contributed by atoms with Gasteiger partial charge in [0.05, 0.1) is 5.69 Å². The van der Waals surface area contributed by atoms with E-state index < -0.39 is 0 Å². The highest BCUT2D eigenvalue weighted by molar-refractivity contribution is 7.08. The fourth-order valence-corrected chi connectivity index (χ4v) is 4.29. The number of aromatic nitrogens is 2. The number of nitrogens with zero attached hydrogens (tertiary/aromatic N) is 3. The van der Waals surface area contributed by atoms with Crippen LogP contribution in [0.5, 0.6) is 0 Å². The standard InChI is InChI=1S/C15H24N4OS/c1-10(2)13-14(21-18-17-13)15(20)19-8-4-5-11(9-19)12-6-3-7-16-12/h10-12,16H,3-9H2,1-2H3. The molecule has 2 aliphatic rings. The zero-order chi connectivity index (χ0) is 14.8. The molecular formula is C15H24N4OS. The maximum atomic E-state index is 12.8. The normalized spacial score (nSPS) is 26.5. The monoisotopic (exact) mass is 308 g/mol. The van der Waals surface area contributed by atoms with Crippen LogP contribution in [-0.2, 0) is 0 Å². The van der Waals surface area contributed by atoms with E-state index in [4.69, 9.17) is 0 Å². The Morgan fingerprint density at radius 2 is 2.24 bits per heavy atom. The topological polar surface area (TPSA) is 58.1 Å². The SMILES string of the molecule is CC(C)c1nnsc1C(=O)N1CCCC(C2CCCN2)C1. The number of carbonyl (C=O) groups excluding carboxylic acids is 1. The molecule has 2 unspecified atom stereocenters. The highest BCUT2D eigenvalue weighted by Crippen LogP contribution is 2.28. The molecular weight excluding hydrogens is 284 g/mol. The van der Waals surface area contributed by atoms with Crippen molar-refractivity contribution in [3.63, 3.8) is 0 Å². The van der Waals surface area contributed by atoms with Gasteiger partial charge in [-0.2, -0.15) is 0 Å². The van der Waals surface area contributed by atoms with Gasteiger partial charge >= 0.3 is 0 Å². The third-order valence-electron chi connectivity index (χ3n) is 4.67. The van der Waals surface area contributed by atoms with Crippen molar-refractivity contribution >= 4 is 17.4 Å². The Labute approximate surface area is 130 Å². The van der Waals surface area contributed by atoms with Gasteiger partial charge in [0.15, 0.2) is 0 Å².